The van der Waals surface area contributed by atoms with Crippen LogP contribution in [0, 0.1) is 21.4 Å². The van der Waals surface area contributed by atoms with Gasteiger partial charge in [0.15, 0.2) is 11.5 Å². The van der Waals surface area contributed by atoms with Gasteiger partial charge in [-0.2, -0.15) is 5.26 Å². The summed E-state index contributed by atoms with van der Waals surface area (Å²) in [5.74, 6) is -0.370. The highest BCUT2D eigenvalue weighted by Gasteiger charge is 2.25. The average Bonchev–Trinajstić information content (AvgIpc) is 2.90. The van der Waals surface area contributed by atoms with E-state index in [4.69, 9.17) is 9.68 Å². The minimum absolute atomic E-state index is 0.00561. The molecule has 6 heteroatoms. The fourth-order valence-corrected chi connectivity index (χ4v) is 2.43. The van der Waals surface area contributed by atoms with Crippen LogP contribution >= 0.6 is 0 Å². The lowest BCUT2D eigenvalue weighted by Gasteiger charge is -2.01. The first-order valence-electron chi connectivity index (χ1n) is 6.77. The predicted molar refractivity (Wildman–Crippen MR) is 81.5 cm³/mol. The Morgan fingerprint density at radius 2 is 1.96 bits per heavy atom. The summed E-state index contributed by atoms with van der Waals surface area (Å²) in [4.78, 5) is 23.1. The number of hydrogen-bond donors (Lipinski definition) is 0. The van der Waals surface area contributed by atoms with Gasteiger partial charge in [-0.15, -0.1) is 0 Å². The second-order valence-electron chi connectivity index (χ2n) is 4.91. The Morgan fingerprint density at radius 1 is 1.22 bits per heavy atom. The zero-order chi connectivity index (χ0) is 16.4. The number of nitriles is 1. The van der Waals surface area contributed by atoms with Crippen LogP contribution in [0.4, 0.5) is 0 Å². The Kier molecular flexibility index (Phi) is 3.61. The Balaban J connectivity index is 2.25. The van der Waals surface area contributed by atoms with Crippen LogP contribution in [0.15, 0.2) is 52.9 Å². The van der Waals surface area contributed by atoms with Gasteiger partial charge in [0.05, 0.1) is 17.2 Å². The number of hydrogen-bond acceptors (Lipinski definition) is 5. The fourth-order valence-electron chi connectivity index (χ4n) is 2.43. The molecule has 0 aliphatic heterocycles. The molecule has 3 aromatic rings. The highest BCUT2D eigenvalue weighted by molar-refractivity contribution is 6.16. The van der Waals surface area contributed by atoms with Crippen LogP contribution in [-0.4, -0.2) is 10.7 Å². The number of rotatable bonds is 4. The van der Waals surface area contributed by atoms with Crippen molar-refractivity contribution in [1.29, 1.82) is 5.26 Å². The molecule has 0 aliphatic carbocycles. The first kappa shape index (κ1) is 14.5. The van der Waals surface area contributed by atoms with Gasteiger partial charge >= 0.3 is 0 Å². The minimum atomic E-state index is -0.593. The van der Waals surface area contributed by atoms with Gasteiger partial charge in [0.25, 0.3) is 6.54 Å². The maximum absolute atomic E-state index is 12.8. The Labute approximate surface area is 130 Å². The predicted octanol–water partition coefficient (Wildman–Crippen LogP) is 3.31. The molecule has 0 unspecified atom stereocenters. The van der Waals surface area contributed by atoms with Crippen LogP contribution in [0.25, 0.3) is 11.0 Å². The second-order valence-corrected chi connectivity index (χ2v) is 4.91. The van der Waals surface area contributed by atoms with Crippen molar-refractivity contribution >= 4 is 16.8 Å². The van der Waals surface area contributed by atoms with Crippen molar-refractivity contribution in [1.82, 2.24) is 0 Å². The van der Waals surface area contributed by atoms with E-state index in [0.29, 0.717) is 22.1 Å². The number of nitrogens with zero attached hydrogens (tertiary/aromatic N) is 2. The molecule has 0 aliphatic rings. The van der Waals surface area contributed by atoms with E-state index in [1.54, 1.807) is 42.5 Å². The van der Waals surface area contributed by atoms with Gasteiger partial charge < -0.3 is 4.42 Å². The maximum atomic E-state index is 12.8. The molecule has 0 fully saturated rings. The van der Waals surface area contributed by atoms with Crippen molar-refractivity contribution in [3.8, 4) is 6.07 Å². The van der Waals surface area contributed by atoms with Crippen LogP contribution in [0.3, 0.4) is 0 Å². The molecule has 0 N–H and O–H groups in total. The average molecular weight is 306 g/mol. The van der Waals surface area contributed by atoms with Gasteiger partial charge in [0.1, 0.15) is 5.58 Å². The molecule has 2 aromatic carbocycles. The number of nitro groups is 1. The molecule has 0 radical (unpaired) electrons. The fraction of sp³-hybridized carbons (Fsp3) is 0.0588. The molecule has 0 atom stereocenters. The van der Waals surface area contributed by atoms with Crippen LogP contribution in [0.1, 0.15) is 27.2 Å². The van der Waals surface area contributed by atoms with Crippen molar-refractivity contribution in [2.24, 2.45) is 0 Å². The molecule has 3 rings (SSSR count). The van der Waals surface area contributed by atoms with E-state index in [1.165, 1.54) is 6.07 Å². The Bertz CT molecular complexity index is 952. The van der Waals surface area contributed by atoms with E-state index >= 15 is 0 Å². The van der Waals surface area contributed by atoms with Gasteiger partial charge in [-0.25, -0.2) is 0 Å². The Hall–Kier alpha value is -3.46. The molecule has 23 heavy (non-hydrogen) atoms. The van der Waals surface area contributed by atoms with Crippen molar-refractivity contribution in [3.05, 3.63) is 81.1 Å². The number of furan rings is 1. The summed E-state index contributed by atoms with van der Waals surface area (Å²) in [5.41, 5.74) is 1.25. The monoisotopic (exact) mass is 306 g/mol. The summed E-state index contributed by atoms with van der Waals surface area (Å²) >= 11 is 0. The highest BCUT2D eigenvalue weighted by Crippen LogP contribution is 2.29. The van der Waals surface area contributed by atoms with Crippen molar-refractivity contribution in [3.63, 3.8) is 0 Å². The normalized spacial score (nSPS) is 10.4. The van der Waals surface area contributed by atoms with E-state index in [-0.39, 0.29) is 17.1 Å². The molecule has 0 saturated carbocycles. The molecule has 112 valence electrons. The van der Waals surface area contributed by atoms with E-state index in [2.05, 4.69) is 0 Å². The summed E-state index contributed by atoms with van der Waals surface area (Å²) in [6.45, 7) is -0.593. The standard InChI is InChI=1S/C17H10N2O4/c18-9-11-6-7-14-13(8-11)16(15(23-14)10-19(21)22)17(20)12-4-2-1-3-5-12/h1-8H,10H2. The van der Waals surface area contributed by atoms with E-state index < -0.39 is 11.5 Å². The molecule has 1 aromatic heterocycles. The summed E-state index contributed by atoms with van der Waals surface area (Å²) in [6, 6.07) is 15.0. The van der Waals surface area contributed by atoms with Crippen molar-refractivity contribution in [2.45, 2.75) is 6.54 Å². The maximum Gasteiger partial charge on any atom is 0.261 e. The van der Waals surface area contributed by atoms with Gasteiger partial charge in [0, 0.05) is 15.9 Å². The zero-order valence-corrected chi connectivity index (χ0v) is 11.9. The van der Waals surface area contributed by atoms with E-state index in [0.717, 1.165) is 0 Å². The first-order valence-corrected chi connectivity index (χ1v) is 6.77. The van der Waals surface area contributed by atoms with E-state index in [1.807, 2.05) is 6.07 Å². The molecular formula is C17H10N2O4. The van der Waals surface area contributed by atoms with Gasteiger partial charge in [-0.05, 0) is 18.2 Å². The molecule has 0 saturated heterocycles. The molecule has 0 amide bonds. The van der Waals surface area contributed by atoms with Gasteiger partial charge in [0.2, 0.25) is 0 Å². The number of fused-ring (bicyclic) bond motifs is 1. The zero-order valence-electron chi connectivity index (χ0n) is 11.9. The third-order valence-electron chi connectivity index (χ3n) is 3.43. The topological polar surface area (TPSA) is 97.1 Å². The smallest absolute Gasteiger partial charge is 0.261 e. The van der Waals surface area contributed by atoms with Crippen LogP contribution in [0.5, 0.6) is 0 Å². The lowest BCUT2D eigenvalue weighted by Crippen LogP contribution is -2.07. The number of carbonyl (C=O) groups is 1. The van der Waals surface area contributed by atoms with Crippen molar-refractivity contribution < 1.29 is 14.1 Å². The molecule has 0 spiro atoms. The number of carbonyl (C=O) groups excluding carboxylic acids is 1. The minimum Gasteiger partial charge on any atom is -0.453 e. The highest BCUT2D eigenvalue weighted by atomic mass is 16.6. The third kappa shape index (κ3) is 2.68. The molecular weight excluding hydrogens is 296 g/mol. The lowest BCUT2D eigenvalue weighted by atomic mass is 9.99. The number of ketones is 1. The summed E-state index contributed by atoms with van der Waals surface area (Å²) in [7, 11) is 0. The van der Waals surface area contributed by atoms with Gasteiger partial charge in [-0.1, -0.05) is 30.3 Å². The number of benzene rings is 2. The van der Waals surface area contributed by atoms with Crippen molar-refractivity contribution in [2.75, 3.05) is 0 Å². The molecule has 6 nitrogen and oxygen atoms in total. The van der Waals surface area contributed by atoms with Crippen LogP contribution in [0.2, 0.25) is 0 Å². The molecule has 0 bridgehead atoms. The Morgan fingerprint density at radius 3 is 2.61 bits per heavy atom. The lowest BCUT2D eigenvalue weighted by molar-refractivity contribution is -0.499. The van der Waals surface area contributed by atoms with Gasteiger partial charge in [-0.3, -0.25) is 14.9 Å². The van der Waals surface area contributed by atoms with E-state index in [9.17, 15) is 14.9 Å². The summed E-state index contributed by atoms with van der Waals surface area (Å²) in [5, 5.41) is 20.3. The summed E-state index contributed by atoms with van der Waals surface area (Å²) in [6.07, 6.45) is 0. The second kappa shape index (κ2) is 5.73. The first-order chi connectivity index (χ1) is 11.1. The SMILES string of the molecule is N#Cc1ccc2oc(C[N+](=O)[O-])c(C(=O)c3ccccc3)c2c1. The van der Waals surface area contributed by atoms with Crippen LogP contribution < -0.4 is 0 Å². The quantitative estimate of drug-likeness (QED) is 0.418. The summed E-state index contributed by atoms with van der Waals surface area (Å²) < 4.78 is 5.48. The largest absolute Gasteiger partial charge is 0.453 e. The third-order valence-corrected chi connectivity index (χ3v) is 3.43. The molecule has 1 heterocycles. The van der Waals surface area contributed by atoms with Crippen LogP contribution in [-0.2, 0) is 6.54 Å².